The van der Waals surface area contributed by atoms with Crippen LogP contribution in [0.15, 0.2) is 11.6 Å². The smallest absolute Gasteiger partial charge is 0.331 e. The summed E-state index contributed by atoms with van der Waals surface area (Å²) in [4.78, 5) is 23.9. The van der Waals surface area contributed by atoms with Gasteiger partial charge in [-0.2, -0.15) is 0 Å². The van der Waals surface area contributed by atoms with Crippen molar-refractivity contribution < 1.29 is 24.2 Å². The van der Waals surface area contributed by atoms with Gasteiger partial charge in [0.05, 0.1) is 5.60 Å². The van der Waals surface area contributed by atoms with Gasteiger partial charge in [-0.05, 0) is 92.4 Å². The zero-order chi connectivity index (χ0) is 25.1. The summed E-state index contributed by atoms with van der Waals surface area (Å²) in [5, 5.41) is 12.6. The Morgan fingerprint density at radius 1 is 1.14 bits per heavy atom. The lowest BCUT2D eigenvalue weighted by Crippen LogP contribution is -2.68. The summed E-state index contributed by atoms with van der Waals surface area (Å²) >= 11 is 0. The van der Waals surface area contributed by atoms with Crippen molar-refractivity contribution in [2.24, 2.45) is 34.0 Å². The second-order valence-electron chi connectivity index (χ2n) is 13.5. The van der Waals surface area contributed by atoms with E-state index in [0.29, 0.717) is 37.2 Å². The summed E-state index contributed by atoms with van der Waals surface area (Å²) in [6, 6.07) is 0. The fourth-order valence-electron chi connectivity index (χ4n) is 10.0. The van der Waals surface area contributed by atoms with Gasteiger partial charge in [0.2, 0.25) is 0 Å². The van der Waals surface area contributed by atoms with Crippen molar-refractivity contribution in [2.45, 2.75) is 123 Å². The van der Waals surface area contributed by atoms with Crippen molar-refractivity contribution in [3.05, 3.63) is 11.6 Å². The molecule has 1 spiro atoms. The second kappa shape index (κ2) is 8.89. The van der Waals surface area contributed by atoms with Crippen LogP contribution in [0.2, 0.25) is 0 Å². The highest BCUT2D eigenvalue weighted by molar-refractivity contribution is 5.85. The molecule has 1 heterocycles. The third-order valence-electron chi connectivity index (χ3n) is 11.7. The van der Waals surface area contributed by atoms with Crippen LogP contribution in [-0.2, 0) is 19.1 Å². The minimum atomic E-state index is -0.869. The van der Waals surface area contributed by atoms with Gasteiger partial charge in [-0.15, -0.1) is 0 Å². The van der Waals surface area contributed by atoms with Gasteiger partial charge >= 0.3 is 11.9 Å². The fraction of sp³-hybridized carbons (Fsp3) is 0.867. The van der Waals surface area contributed by atoms with Gasteiger partial charge in [-0.3, -0.25) is 4.79 Å². The van der Waals surface area contributed by atoms with Crippen LogP contribution in [0.3, 0.4) is 0 Å². The average molecular weight is 487 g/mol. The van der Waals surface area contributed by atoms with E-state index in [1.807, 2.05) is 0 Å². The molecule has 1 aliphatic heterocycles. The molecule has 1 N–H and O–H groups in total. The van der Waals surface area contributed by atoms with Crippen LogP contribution in [0.1, 0.15) is 111 Å². The third kappa shape index (κ3) is 4.08. The lowest BCUT2D eigenvalue weighted by Gasteiger charge is -2.66. The van der Waals surface area contributed by atoms with Gasteiger partial charge in [0, 0.05) is 24.3 Å². The molecule has 5 nitrogen and oxygen atoms in total. The van der Waals surface area contributed by atoms with E-state index >= 15 is 0 Å². The van der Waals surface area contributed by atoms with E-state index in [1.54, 1.807) is 6.08 Å². The molecular weight excluding hydrogens is 440 g/mol. The van der Waals surface area contributed by atoms with E-state index < -0.39 is 5.60 Å². The molecule has 4 aliphatic carbocycles. The number of carbonyl (C=O) groups is 2. The van der Waals surface area contributed by atoms with Gasteiger partial charge in [0.25, 0.3) is 0 Å². The summed E-state index contributed by atoms with van der Waals surface area (Å²) < 4.78 is 11.3. The summed E-state index contributed by atoms with van der Waals surface area (Å²) in [5.41, 5.74) is 0.367. The van der Waals surface area contributed by atoms with E-state index in [-0.39, 0.29) is 40.7 Å². The molecule has 7 atom stereocenters. The lowest BCUT2D eigenvalue weighted by molar-refractivity contribution is -0.259. The molecule has 0 aromatic rings. The summed E-state index contributed by atoms with van der Waals surface area (Å²) in [6.07, 6.45) is 16.1. The van der Waals surface area contributed by atoms with E-state index in [9.17, 15) is 14.7 Å². The molecule has 0 saturated heterocycles. The Bertz CT molecular complexity index is 887. The molecule has 0 unspecified atom stereocenters. The van der Waals surface area contributed by atoms with Crippen molar-refractivity contribution in [3.63, 3.8) is 0 Å². The molecule has 0 radical (unpaired) electrons. The number of hydrogen-bond acceptors (Lipinski definition) is 5. The van der Waals surface area contributed by atoms with Crippen LogP contribution in [0.25, 0.3) is 0 Å². The Kier molecular flexibility index (Phi) is 6.42. The number of aliphatic hydroxyl groups is 1. The van der Waals surface area contributed by atoms with E-state index in [4.69, 9.17) is 9.47 Å². The molecule has 5 aliphatic rings. The van der Waals surface area contributed by atoms with Crippen molar-refractivity contribution in [3.8, 4) is 0 Å². The molecule has 5 rings (SSSR count). The first-order valence-corrected chi connectivity index (χ1v) is 14.3. The predicted molar refractivity (Wildman–Crippen MR) is 134 cm³/mol. The summed E-state index contributed by atoms with van der Waals surface area (Å²) in [7, 11) is 0. The molecule has 5 heteroatoms. The highest BCUT2D eigenvalue weighted by Crippen LogP contribution is 2.69. The maximum absolute atomic E-state index is 12.6. The topological polar surface area (TPSA) is 72.8 Å². The highest BCUT2D eigenvalue weighted by atomic mass is 16.5. The van der Waals surface area contributed by atoms with Crippen LogP contribution in [0.4, 0.5) is 0 Å². The summed E-state index contributed by atoms with van der Waals surface area (Å²) in [5.74, 6) is 0.317. The predicted octanol–water partition coefficient (Wildman–Crippen LogP) is 6.13. The number of rotatable bonds is 5. The minimum absolute atomic E-state index is 0.0128. The van der Waals surface area contributed by atoms with E-state index in [0.717, 1.165) is 24.8 Å². The normalized spacial score (nSPS) is 44.7. The third-order valence-corrected chi connectivity index (χ3v) is 11.7. The van der Waals surface area contributed by atoms with Crippen LogP contribution in [-0.4, -0.2) is 35.4 Å². The summed E-state index contributed by atoms with van der Waals surface area (Å²) in [6.45, 7) is 8.80. The van der Waals surface area contributed by atoms with E-state index in [2.05, 4.69) is 20.8 Å². The monoisotopic (exact) mass is 486 g/mol. The number of carbonyl (C=O) groups excluding carboxylic acids is 2. The van der Waals surface area contributed by atoms with Gasteiger partial charge in [-0.1, -0.05) is 40.0 Å². The first-order valence-electron chi connectivity index (χ1n) is 14.3. The van der Waals surface area contributed by atoms with Crippen LogP contribution in [0.5, 0.6) is 0 Å². The average Bonchev–Trinajstić information content (AvgIpc) is 3.53. The Labute approximate surface area is 211 Å². The minimum Gasteiger partial charge on any atom is -0.462 e. The number of hydrogen-bond donors (Lipinski definition) is 1. The zero-order valence-electron chi connectivity index (χ0n) is 22.4. The largest absolute Gasteiger partial charge is 0.462 e. The molecule has 0 amide bonds. The number of cyclic esters (lactones) is 1. The van der Waals surface area contributed by atoms with Gasteiger partial charge in [0.1, 0.15) is 12.7 Å². The molecule has 0 aromatic carbocycles. The lowest BCUT2D eigenvalue weighted by atomic mass is 9.41. The Morgan fingerprint density at radius 2 is 1.89 bits per heavy atom. The molecular formula is C30H46O5. The SMILES string of the molecule is CC(=O)O[C@@H]1C[C@@H](C)[C@](O)(CCC2=CC(=O)OC2)[C@@]2(C)CCC[C@@](C)([C@H]3CCC4(CCCC4)C3)[C@H]12. The first kappa shape index (κ1) is 25.3. The first-order chi connectivity index (χ1) is 16.5. The standard InChI is InChI=1S/C30H46O5/c1-20-16-24(35-21(2)31)26-27(3,23-9-14-29(18-23)12-5-6-13-29)10-7-11-28(26,4)30(20,33)15-8-22-17-25(32)34-19-22/h17,20,23-24,26,33H,5-16,18-19H2,1-4H3/t20-,23+,24-,26+,27+,28+,30-/m1/s1. The maximum Gasteiger partial charge on any atom is 0.331 e. The number of esters is 2. The maximum atomic E-state index is 12.6. The second-order valence-corrected chi connectivity index (χ2v) is 13.5. The molecule has 35 heavy (non-hydrogen) atoms. The Morgan fingerprint density at radius 3 is 2.54 bits per heavy atom. The van der Waals surface area contributed by atoms with Crippen molar-refractivity contribution in [1.29, 1.82) is 0 Å². The van der Waals surface area contributed by atoms with Crippen LogP contribution < -0.4 is 0 Å². The number of fused-ring (bicyclic) bond motifs is 1. The molecule has 0 aromatic heterocycles. The van der Waals surface area contributed by atoms with Crippen LogP contribution >= 0.6 is 0 Å². The Hall–Kier alpha value is -1.36. The Balaban J connectivity index is 1.49. The van der Waals surface area contributed by atoms with Crippen LogP contribution in [0, 0.1) is 34.0 Å². The molecule has 4 fully saturated rings. The van der Waals surface area contributed by atoms with E-state index in [1.165, 1.54) is 51.9 Å². The highest BCUT2D eigenvalue weighted by Gasteiger charge is 2.67. The zero-order valence-corrected chi connectivity index (χ0v) is 22.4. The molecule has 4 saturated carbocycles. The van der Waals surface area contributed by atoms with Crippen molar-refractivity contribution >= 4 is 11.9 Å². The molecule has 196 valence electrons. The quantitative estimate of drug-likeness (QED) is 0.474. The molecule has 0 bridgehead atoms. The van der Waals surface area contributed by atoms with Gasteiger partial charge in [-0.25, -0.2) is 4.79 Å². The number of ether oxygens (including phenoxy) is 2. The van der Waals surface area contributed by atoms with Gasteiger partial charge in [0.15, 0.2) is 0 Å². The fourth-order valence-corrected chi connectivity index (χ4v) is 10.0. The van der Waals surface area contributed by atoms with Crippen molar-refractivity contribution in [2.75, 3.05) is 6.61 Å². The van der Waals surface area contributed by atoms with Gasteiger partial charge < -0.3 is 14.6 Å². The van der Waals surface area contributed by atoms with Crippen molar-refractivity contribution in [1.82, 2.24) is 0 Å².